The summed E-state index contributed by atoms with van der Waals surface area (Å²) in [4.78, 5) is 25.3. The molecule has 1 N–H and O–H groups in total. The second kappa shape index (κ2) is 8.77. The molecule has 0 atom stereocenters. The van der Waals surface area contributed by atoms with Gasteiger partial charge in [-0.1, -0.05) is 25.1 Å². The summed E-state index contributed by atoms with van der Waals surface area (Å²) in [6, 6.07) is 7.87. The van der Waals surface area contributed by atoms with Gasteiger partial charge in [0.2, 0.25) is 5.91 Å². The van der Waals surface area contributed by atoms with Crippen molar-refractivity contribution in [2.24, 2.45) is 0 Å². The third kappa shape index (κ3) is 5.13. The number of likely N-dealkylation sites (tertiary alicyclic amines) is 1. The number of hydrogen-bond donors (Lipinski definition) is 1. The maximum atomic E-state index is 12.2. The van der Waals surface area contributed by atoms with E-state index in [2.05, 4.69) is 12.2 Å². The van der Waals surface area contributed by atoms with Crippen molar-refractivity contribution in [3.63, 3.8) is 0 Å². The van der Waals surface area contributed by atoms with Crippen LogP contribution < -0.4 is 10.1 Å². The number of carbonyl (C=O) groups excluding carboxylic acids is 2. The molecule has 0 unspecified atom stereocenters. The molecule has 0 saturated carbocycles. The normalized spacial score (nSPS) is 15.3. The molecule has 1 aliphatic heterocycles. The SMILES string of the molecule is CCc1ccccc1OCC(=O)N1CCC(NC(=O)CCl)CC1. The minimum absolute atomic E-state index is 0.0157. The van der Waals surface area contributed by atoms with Crippen LogP contribution >= 0.6 is 11.6 Å². The quantitative estimate of drug-likeness (QED) is 0.807. The number of hydrogen-bond acceptors (Lipinski definition) is 3. The Bertz CT molecular complexity index is 542. The highest BCUT2D eigenvalue weighted by atomic mass is 35.5. The number of rotatable bonds is 6. The molecule has 6 heteroatoms. The molecule has 1 aliphatic rings. The summed E-state index contributed by atoms with van der Waals surface area (Å²) in [7, 11) is 0. The molecule has 0 aromatic heterocycles. The Morgan fingerprint density at radius 1 is 1.30 bits per heavy atom. The van der Waals surface area contributed by atoms with E-state index in [-0.39, 0.29) is 30.3 Å². The summed E-state index contributed by atoms with van der Waals surface area (Å²) in [5.74, 6) is 0.575. The number of piperidine rings is 1. The number of amides is 2. The number of benzene rings is 1. The van der Waals surface area contributed by atoms with E-state index in [0.29, 0.717) is 13.1 Å². The van der Waals surface area contributed by atoms with Gasteiger partial charge in [0.05, 0.1) is 0 Å². The van der Waals surface area contributed by atoms with Gasteiger partial charge < -0.3 is 15.0 Å². The average Bonchev–Trinajstić information content (AvgIpc) is 2.60. The Morgan fingerprint density at radius 2 is 2.00 bits per heavy atom. The summed E-state index contributed by atoms with van der Waals surface area (Å²) in [6.07, 6.45) is 2.37. The Balaban J connectivity index is 1.78. The molecule has 23 heavy (non-hydrogen) atoms. The molecule has 1 aromatic carbocycles. The van der Waals surface area contributed by atoms with E-state index in [1.54, 1.807) is 4.90 Å². The van der Waals surface area contributed by atoms with Crippen molar-refractivity contribution in [2.75, 3.05) is 25.6 Å². The molecule has 0 bridgehead atoms. The summed E-state index contributed by atoms with van der Waals surface area (Å²) in [6.45, 7) is 3.37. The molecule has 1 saturated heterocycles. The zero-order valence-electron chi connectivity index (χ0n) is 13.4. The van der Waals surface area contributed by atoms with E-state index >= 15 is 0 Å². The van der Waals surface area contributed by atoms with Crippen molar-refractivity contribution >= 4 is 23.4 Å². The van der Waals surface area contributed by atoms with Crippen LogP contribution in [0.15, 0.2) is 24.3 Å². The van der Waals surface area contributed by atoms with Crippen molar-refractivity contribution in [3.05, 3.63) is 29.8 Å². The van der Waals surface area contributed by atoms with Crippen molar-refractivity contribution < 1.29 is 14.3 Å². The van der Waals surface area contributed by atoms with Crippen LogP contribution in [0.5, 0.6) is 5.75 Å². The van der Waals surface area contributed by atoms with Gasteiger partial charge in [0.1, 0.15) is 11.6 Å². The first-order chi connectivity index (χ1) is 11.1. The maximum Gasteiger partial charge on any atom is 0.260 e. The van der Waals surface area contributed by atoms with E-state index in [1.165, 1.54) is 0 Å². The Kier molecular flexibility index (Phi) is 6.71. The molecular formula is C17H23ClN2O3. The molecule has 2 amide bonds. The van der Waals surface area contributed by atoms with E-state index in [1.807, 2.05) is 24.3 Å². The first-order valence-corrected chi connectivity index (χ1v) is 8.51. The number of nitrogens with zero attached hydrogens (tertiary/aromatic N) is 1. The standard InChI is InChI=1S/C17H23ClN2O3/c1-2-13-5-3-4-6-15(13)23-12-17(22)20-9-7-14(8-10-20)19-16(21)11-18/h3-6,14H,2,7-12H2,1H3,(H,19,21). The predicted molar refractivity (Wildman–Crippen MR) is 89.8 cm³/mol. The van der Waals surface area contributed by atoms with Gasteiger partial charge in [-0.3, -0.25) is 9.59 Å². The number of aryl methyl sites for hydroxylation is 1. The van der Waals surface area contributed by atoms with Crippen LogP contribution in [0.3, 0.4) is 0 Å². The molecule has 2 rings (SSSR count). The lowest BCUT2D eigenvalue weighted by Crippen LogP contribution is -2.47. The van der Waals surface area contributed by atoms with E-state index in [9.17, 15) is 9.59 Å². The minimum Gasteiger partial charge on any atom is -0.483 e. The number of ether oxygens (including phenoxy) is 1. The Morgan fingerprint density at radius 3 is 2.65 bits per heavy atom. The Hall–Kier alpha value is -1.75. The third-order valence-electron chi connectivity index (χ3n) is 4.04. The second-order valence-electron chi connectivity index (χ2n) is 5.61. The van der Waals surface area contributed by atoms with Crippen LogP contribution in [-0.2, 0) is 16.0 Å². The third-order valence-corrected chi connectivity index (χ3v) is 4.28. The van der Waals surface area contributed by atoms with Gasteiger partial charge in [-0.2, -0.15) is 0 Å². The minimum atomic E-state index is -0.157. The second-order valence-corrected chi connectivity index (χ2v) is 5.87. The van der Waals surface area contributed by atoms with Gasteiger partial charge >= 0.3 is 0 Å². The molecule has 126 valence electrons. The molecule has 1 aromatic rings. The summed E-state index contributed by atoms with van der Waals surface area (Å²) in [5.41, 5.74) is 1.10. The average molecular weight is 339 g/mol. The van der Waals surface area contributed by atoms with Crippen molar-refractivity contribution in [1.29, 1.82) is 0 Å². The number of nitrogens with one attached hydrogen (secondary N) is 1. The van der Waals surface area contributed by atoms with Gasteiger partial charge in [0.15, 0.2) is 6.61 Å². The molecule has 0 spiro atoms. The van der Waals surface area contributed by atoms with Gasteiger partial charge in [-0.05, 0) is 30.9 Å². The largest absolute Gasteiger partial charge is 0.483 e. The van der Waals surface area contributed by atoms with Gasteiger partial charge in [0, 0.05) is 19.1 Å². The van der Waals surface area contributed by atoms with Gasteiger partial charge in [-0.15, -0.1) is 11.6 Å². The number of carbonyl (C=O) groups is 2. The van der Waals surface area contributed by atoms with Crippen LogP contribution in [0, 0.1) is 0 Å². The van der Waals surface area contributed by atoms with Crippen molar-refractivity contribution in [1.82, 2.24) is 10.2 Å². The first-order valence-electron chi connectivity index (χ1n) is 7.97. The summed E-state index contributed by atoms with van der Waals surface area (Å²) in [5, 5.41) is 2.86. The van der Waals surface area contributed by atoms with E-state index < -0.39 is 0 Å². The predicted octanol–water partition coefficient (Wildman–Crippen LogP) is 1.97. The number of alkyl halides is 1. The topological polar surface area (TPSA) is 58.6 Å². The molecule has 0 aliphatic carbocycles. The fourth-order valence-electron chi connectivity index (χ4n) is 2.71. The van der Waals surface area contributed by atoms with Crippen molar-refractivity contribution in [3.8, 4) is 5.75 Å². The maximum absolute atomic E-state index is 12.2. The Labute approximate surface area is 141 Å². The van der Waals surface area contributed by atoms with Crippen molar-refractivity contribution in [2.45, 2.75) is 32.2 Å². The summed E-state index contributed by atoms with van der Waals surface area (Å²) < 4.78 is 5.67. The number of para-hydroxylation sites is 1. The number of halogens is 1. The lowest BCUT2D eigenvalue weighted by molar-refractivity contribution is -0.134. The zero-order valence-corrected chi connectivity index (χ0v) is 14.1. The fourth-order valence-corrected chi connectivity index (χ4v) is 2.78. The van der Waals surface area contributed by atoms with Gasteiger partial charge in [-0.25, -0.2) is 0 Å². The smallest absolute Gasteiger partial charge is 0.260 e. The summed E-state index contributed by atoms with van der Waals surface area (Å²) >= 11 is 5.48. The van der Waals surface area contributed by atoms with Crippen LogP contribution in [0.4, 0.5) is 0 Å². The molecular weight excluding hydrogens is 316 g/mol. The van der Waals surface area contributed by atoms with E-state index in [4.69, 9.17) is 16.3 Å². The zero-order chi connectivity index (χ0) is 16.7. The molecule has 5 nitrogen and oxygen atoms in total. The molecule has 1 fully saturated rings. The van der Waals surface area contributed by atoms with Crippen LogP contribution in [-0.4, -0.2) is 48.3 Å². The highest BCUT2D eigenvalue weighted by molar-refractivity contribution is 6.27. The highest BCUT2D eigenvalue weighted by Gasteiger charge is 2.23. The lowest BCUT2D eigenvalue weighted by atomic mass is 10.1. The van der Waals surface area contributed by atoms with Crippen LogP contribution in [0.25, 0.3) is 0 Å². The molecule has 1 heterocycles. The van der Waals surface area contributed by atoms with E-state index in [0.717, 1.165) is 30.6 Å². The fraction of sp³-hybridized carbons (Fsp3) is 0.529. The first kappa shape index (κ1) is 17.6. The highest BCUT2D eigenvalue weighted by Crippen LogP contribution is 2.18. The monoisotopic (exact) mass is 338 g/mol. The van der Waals surface area contributed by atoms with Crippen LogP contribution in [0.1, 0.15) is 25.3 Å². The van der Waals surface area contributed by atoms with Crippen LogP contribution in [0.2, 0.25) is 0 Å². The lowest BCUT2D eigenvalue weighted by Gasteiger charge is -2.32. The van der Waals surface area contributed by atoms with Gasteiger partial charge in [0.25, 0.3) is 5.91 Å². The molecule has 0 radical (unpaired) electrons.